The highest BCUT2D eigenvalue weighted by Crippen LogP contribution is 2.64. The number of halogens is 1. The van der Waals surface area contributed by atoms with E-state index in [2.05, 4.69) is 5.32 Å². The van der Waals surface area contributed by atoms with Gasteiger partial charge in [-0.1, -0.05) is 6.07 Å². The number of carbonyl (C=O) groups is 2. The highest BCUT2D eigenvalue weighted by Gasteiger charge is 2.60. The molecule has 0 radical (unpaired) electrons. The highest BCUT2D eigenvalue weighted by atomic mass is 35.5. The summed E-state index contributed by atoms with van der Waals surface area (Å²) in [6.45, 7) is -0.317. The number of hydrogen-bond donors (Lipinski definition) is 1. The van der Waals surface area contributed by atoms with Gasteiger partial charge in [-0.25, -0.2) is 0 Å². The SMILES string of the molecule is N#Cc1cccc(NC(=O)COC(=O)C23C[C@@H]4C[C@@H](CC(Cl)(C4)C2)C3)c1. The Bertz CT molecular complexity index is 786. The van der Waals surface area contributed by atoms with Crippen LogP contribution in [-0.2, 0) is 14.3 Å². The minimum absolute atomic E-state index is 0.261. The van der Waals surface area contributed by atoms with Crippen molar-refractivity contribution < 1.29 is 14.3 Å². The van der Waals surface area contributed by atoms with E-state index in [0.29, 0.717) is 29.5 Å². The van der Waals surface area contributed by atoms with Gasteiger partial charge in [0.15, 0.2) is 6.61 Å². The minimum atomic E-state index is -0.507. The van der Waals surface area contributed by atoms with Crippen LogP contribution in [0, 0.1) is 28.6 Å². The monoisotopic (exact) mass is 372 g/mol. The average molecular weight is 373 g/mol. The predicted molar refractivity (Wildman–Crippen MR) is 96.4 cm³/mol. The van der Waals surface area contributed by atoms with Gasteiger partial charge in [0.05, 0.1) is 17.0 Å². The molecule has 4 aliphatic rings. The van der Waals surface area contributed by atoms with E-state index in [0.717, 1.165) is 25.7 Å². The number of ether oxygens (including phenoxy) is 1. The number of rotatable bonds is 4. The van der Waals surface area contributed by atoms with Crippen molar-refractivity contribution >= 4 is 29.2 Å². The second-order valence-electron chi connectivity index (χ2n) is 8.21. The zero-order chi connectivity index (χ0) is 18.4. The molecule has 4 fully saturated rings. The number of hydrogen-bond acceptors (Lipinski definition) is 4. The Kier molecular flexibility index (Phi) is 4.19. The fourth-order valence-corrected chi connectivity index (χ4v) is 6.23. The third kappa shape index (κ3) is 3.19. The van der Waals surface area contributed by atoms with Gasteiger partial charge >= 0.3 is 5.97 Å². The number of anilines is 1. The molecule has 136 valence electrons. The molecule has 5 rings (SSSR count). The molecule has 5 nitrogen and oxygen atoms in total. The van der Waals surface area contributed by atoms with Gasteiger partial charge in [-0.15, -0.1) is 11.6 Å². The van der Waals surface area contributed by atoms with Gasteiger partial charge in [0.1, 0.15) is 0 Å². The van der Waals surface area contributed by atoms with Crippen LogP contribution in [0.5, 0.6) is 0 Å². The molecule has 1 aromatic carbocycles. The smallest absolute Gasteiger partial charge is 0.312 e. The summed E-state index contributed by atoms with van der Waals surface area (Å²) in [5, 5.41) is 11.6. The molecule has 0 aromatic heterocycles. The summed E-state index contributed by atoms with van der Waals surface area (Å²) in [6.07, 6.45) is 5.50. The van der Waals surface area contributed by atoms with Gasteiger partial charge in [-0.2, -0.15) is 5.26 Å². The summed E-state index contributed by atoms with van der Waals surface area (Å²) in [5.41, 5.74) is 0.465. The van der Waals surface area contributed by atoms with Crippen LogP contribution in [0.25, 0.3) is 0 Å². The molecule has 2 unspecified atom stereocenters. The Hall–Kier alpha value is -2.06. The molecule has 4 bridgehead atoms. The number of esters is 1. The predicted octanol–water partition coefficient (Wildman–Crippen LogP) is 3.62. The molecular formula is C20H21ClN2O3. The highest BCUT2D eigenvalue weighted by molar-refractivity contribution is 6.24. The normalized spacial score (nSPS) is 34.2. The van der Waals surface area contributed by atoms with Gasteiger partial charge in [0, 0.05) is 10.6 Å². The van der Waals surface area contributed by atoms with E-state index in [9.17, 15) is 9.59 Å². The number of nitriles is 1. The number of carbonyl (C=O) groups excluding carboxylic acids is 2. The topological polar surface area (TPSA) is 79.2 Å². The first kappa shape index (κ1) is 17.4. The summed E-state index contributed by atoms with van der Waals surface area (Å²) in [5.74, 6) is 0.323. The first-order valence-corrected chi connectivity index (χ1v) is 9.44. The van der Waals surface area contributed by atoms with Gasteiger partial charge in [-0.3, -0.25) is 9.59 Å². The minimum Gasteiger partial charge on any atom is -0.455 e. The first-order chi connectivity index (χ1) is 12.4. The number of nitrogens with one attached hydrogen (secondary N) is 1. The summed E-state index contributed by atoms with van der Waals surface area (Å²) in [7, 11) is 0. The molecule has 6 heteroatoms. The number of benzene rings is 1. The molecule has 0 saturated heterocycles. The van der Waals surface area contributed by atoms with Crippen LogP contribution in [0.4, 0.5) is 5.69 Å². The van der Waals surface area contributed by atoms with E-state index >= 15 is 0 Å². The fourth-order valence-electron chi connectivity index (χ4n) is 5.54. The van der Waals surface area contributed by atoms with Crippen LogP contribution in [0.1, 0.15) is 44.1 Å². The van der Waals surface area contributed by atoms with Crippen molar-refractivity contribution in [3.8, 4) is 6.07 Å². The van der Waals surface area contributed by atoms with Gasteiger partial charge in [0.25, 0.3) is 5.91 Å². The number of nitrogens with zero attached hydrogens (tertiary/aromatic N) is 1. The third-order valence-electron chi connectivity index (χ3n) is 6.03. The van der Waals surface area contributed by atoms with Crippen molar-refractivity contribution in [1.82, 2.24) is 0 Å². The maximum Gasteiger partial charge on any atom is 0.312 e. The van der Waals surface area contributed by atoms with E-state index in [4.69, 9.17) is 21.6 Å². The lowest BCUT2D eigenvalue weighted by molar-refractivity contribution is -0.171. The molecule has 26 heavy (non-hydrogen) atoms. The molecule has 1 aromatic rings. The number of alkyl halides is 1. The summed E-state index contributed by atoms with van der Waals surface area (Å²) >= 11 is 6.75. The van der Waals surface area contributed by atoms with E-state index in [1.807, 2.05) is 6.07 Å². The van der Waals surface area contributed by atoms with E-state index in [1.54, 1.807) is 24.3 Å². The third-order valence-corrected chi connectivity index (χ3v) is 6.47. The largest absolute Gasteiger partial charge is 0.455 e. The number of amides is 1. The lowest BCUT2D eigenvalue weighted by atomic mass is 9.49. The molecule has 4 saturated carbocycles. The Balaban J connectivity index is 1.37. The van der Waals surface area contributed by atoms with Crippen molar-refractivity contribution in [2.75, 3.05) is 11.9 Å². The zero-order valence-electron chi connectivity index (χ0n) is 14.5. The van der Waals surface area contributed by atoms with E-state index in [1.165, 1.54) is 6.42 Å². The van der Waals surface area contributed by atoms with Crippen molar-refractivity contribution in [2.45, 2.75) is 43.4 Å². The second-order valence-corrected chi connectivity index (χ2v) is 9.01. The van der Waals surface area contributed by atoms with Crippen molar-refractivity contribution in [3.05, 3.63) is 29.8 Å². The van der Waals surface area contributed by atoms with Crippen molar-refractivity contribution in [2.24, 2.45) is 17.3 Å². The molecule has 4 aliphatic carbocycles. The molecular weight excluding hydrogens is 352 g/mol. The standard InChI is InChI=1S/C20H21ClN2O3/c21-20-8-14-4-15(9-20)7-19(6-14,12-20)18(25)26-11-17(24)23-16-3-1-2-13(5-16)10-22/h1-3,5,14-15H,4,6-9,11-12H2,(H,23,24)/t14-,15+,19?,20?. The van der Waals surface area contributed by atoms with Crippen molar-refractivity contribution in [3.63, 3.8) is 0 Å². The Labute approximate surface area is 157 Å². The van der Waals surface area contributed by atoms with Crippen LogP contribution in [-0.4, -0.2) is 23.4 Å². The van der Waals surface area contributed by atoms with Gasteiger partial charge in [-0.05, 0) is 68.6 Å². The zero-order valence-corrected chi connectivity index (χ0v) is 15.2. The summed E-state index contributed by atoms with van der Waals surface area (Å²) in [4.78, 5) is 24.6. The maximum atomic E-state index is 12.8. The first-order valence-electron chi connectivity index (χ1n) is 9.06. The molecule has 1 amide bonds. The van der Waals surface area contributed by atoms with E-state index < -0.39 is 11.3 Å². The van der Waals surface area contributed by atoms with Crippen LogP contribution in [0.2, 0.25) is 0 Å². The molecule has 1 N–H and O–H groups in total. The fraction of sp³-hybridized carbons (Fsp3) is 0.550. The van der Waals surface area contributed by atoms with Gasteiger partial charge in [0.2, 0.25) is 0 Å². The molecule has 0 heterocycles. The average Bonchev–Trinajstić information content (AvgIpc) is 2.57. The quantitative estimate of drug-likeness (QED) is 0.646. The van der Waals surface area contributed by atoms with Crippen LogP contribution in [0.3, 0.4) is 0 Å². The maximum absolute atomic E-state index is 12.8. The molecule has 0 aliphatic heterocycles. The lowest BCUT2D eigenvalue weighted by Crippen LogP contribution is -2.56. The Morgan fingerprint density at radius 2 is 2.00 bits per heavy atom. The summed E-state index contributed by atoms with van der Waals surface area (Å²) in [6, 6.07) is 8.64. The van der Waals surface area contributed by atoms with Crippen LogP contribution in [0.15, 0.2) is 24.3 Å². The van der Waals surface area contributed by atoms with Crippen LogP contribution >= 0.6 is 11.6 Å². The van der Waals surface area contributed by atoms with E-state index in [-0.39, 0.29) is 17.5 Å². The Morgan fingerprint density at radius 3 is 2.65 bits per heavy atom. The Morgan fingerprint density at radius 1 is 1.27 bits per heavy atom. The van der Waals surface area contributed by atoms with Gasteiger partial charge < -0.3 is 10.1 Å². The summed E-state index contributed by atoms with van der Waals surface area (Å²) < 4.78 is 5.39. The molecule has 4 atom stereocenters. The van der Waals surface area contributed by atoms with Crippen LogP contribution < -0.4 is 5.32 Å². The second kappa shape index (κ2) is 6.28. The van der Waals surface area contributed by atoms with Crippen molar-refractivity contribution in [1.29, 1.82) is 5.26 Å². The lowest BCUT2D eigenvalue weighted by Gasteiger charge is -2.58. The molecule has 0 spiro atoms.